The van der Waals surface area contributed by atoms with Crippen molar-refractivity contribution in [3.8, 4) is 5.75 Å². The van der Waals surface area contributed by atoms with Gasteiger partial charge in [0.15, 0.2) is 0 Å². The molecule has 1 aromatic carbocycles. The lowest BCUT2D eigenvalue weighted by Crippen LogP contribution is -2.36. The summed E-state index contributed by atoms with van der Waals surface area (Å²) >= 11 is 0. The van der Waals surface area contributed by atoms with Crippen molar-refractivity contribution in [2.45, 2.75) is 38.1 Å². The van der Waals surface area contributed by atoms with Gasteiger partial charge in [0.25, 0.3) is 0 Å². The average Bonchev–Trinajstić information content (AvgIpc) is 2.84. The van der Waals surface area contributed by atoms with Crippen molar-refractivity contribution in [2.75, 3.05) is 7.05 Å². The van der Waals surface area contributed by atoms with E-state index in [4.69, 9.17) is 0 Å². The second-order valence-electron chi connectivity index (χ2n) is 4.75. The molecular formula is C14H19NO2. The Hall–Kier alpha value is -1.51. The number of para-hydroxylation sites is 1. The van der Waals surface area contributed by atoms with E-state index in [0.29, 0.717) is 18.0 Å². The van der Waals surface area contributed by atoms with Crippen LogP contribution in [0, 0.1) is 0 Å². The number of carbonyl (C=O) groups excluding carboxylic acids is 1. The van der Waals surface area contributed by atoms with E-state index in [1.807, 2.05) is 18.0 Å². The first-order valence-electron chi connectivity index (χ1n) is 6.21. The minimum atomic E-state index is 0.0957. The summed E-state index contributed by atoms with van der Waals surface area (Å²) in [6.07, 6.45) is 4.96. The van der Waals surface area contributed by atoms with E-state index in [2.05, 4.69) is 0 Å². The molecule has 3 nitrogen and oxygen atoms in total. The van der Waals surface area contributed by atoms with Gasteiger partial charge >= 0.3 is 0 Å². The highest BCUT2D eigenvalue weighted by atomic mass is 16.3. The Bertz CT molecular complexity index is 397. The lowest BCUT2D eigenvalue weighted by molar-refractivity contribution is -0.131. The lowest BCUT2D eigenvalue weighted by Gasteiger charge is -2.24. The molecule has 3 heteroatoms. The molecule has 1 saturated carbocycles. The molecule has 0 bridgehead atoms. The lowest BCUT2D eigenvalue weighted by atomic mass is 10.1. The maximum absolute atomic E-state index is 12.1. The average molecular weight is 233 g/mol. The van der Waals surface area contributed by atoms with Crippen LogP contribution in [0.2, 0.25) is 0 Å². The van der Waals surface area contributed by atoms with Gasteiger partial charge in [-0.05, 0) is 18.9 Å². The molecular weight excluding hydrogens is 214 g/mol. The first-order chi connectivity index (χ1) is 8.18. The van der Waals surface area contributed by atoms with Gasteiger partial charge in [-0.1, -0.05) is 31.0 Å². The molecule has 0 unspecified atom stereocenters. The Kier molecular flexibility index (Phi) is 3.67. The van der Waals surface area contributed by atoms with E-state index in [0.717, 1.165) is 12.8 Å². The number of likely N-dealkylation sites (N-methyl/N-ethyl adjacent to an activating group) is 1. The fourth-order valence-corrected chi connectivity index (χ4v) is 2.44. The van der Waals surface area contributed by atoms with E-state index in [1.54, 1.807) is 18.2 Å². The number of rotatable bonds is 3. The summed E-state index contributed by atoms with van der Waals surface area (Å²) in [5, 5.41) is 9.64. The summed E-state index contributed by atoms with van der Waals surface area (Å²) in [5.41, 5.74) is 0.711. The van der Waals surface area contributed by atoms with Crippen LogP contribution >= 0.6 is 0 Å². The Morgan fingerprint density at radius 3 is 2.65 bits per heavy atom. The van der Waals surface area contributed by atoms with Crippen molar-refractivity contribution in [2.24, 2.45) is 0 Å². The highest BCUT2D eigenvalue weighted by molar-refractivity contribution is 5.79. The number of phenolic OH excluding ortho intramolecular Hbond substituents is 1. The Morgan fingerprint density at radius 2 is 2.00 bits per heavy atom. The molecule has 0 spiro atoms. The number of hydrogen-bond acceptors (Lipinski definition) is 2. The van der Waals surface area contributed by atoms with Crippen LogP contribution in [0.15, 0.2) is 24.3 Å². The fourth-order valence-electron chi connectivity index (χ4n) is 2.44. The van der Waals surface area contributed by atoms with Crippen LogP contribution < -0.4 is 0 Å². The first kappa shape index (κ1) is 12.0. The topological polar surface area (TPSA) is 40.5 Å². The van der Waals surface area contributed by atoms with E-state index in [-0.39, 0.29) is 11.7 Å². The van der Waals surface area contributed by atoms with Crippen LogP contribution in [0.1, 0.15) is 31.2 Å². The maximum Gasteiger partial charge on any atom is 0.227 e. The molecule has 1 aliphatic rings. The molecule has 1 aliphatic carbocycles. The number of carbonyl (C=O) groups is 1. The van der Waals surface area contributed by atoms with Gasteiger partial charge in [0.1, 0.15) is 5.75 Å². The van der Waals surface area contributed by atoms with Crippen LogP contribution in [0.3, 0.4) is 0 Å². The zero-order chi connectivity index (χ0) is 12.3. The summed E-state index contributed by atoms with van der Waals surface area (Å²) in [6.45, 7) is 0. The number of amides is 1. The van der Waals surface area contributed by atoms with Gasteiger partial charge in [-0.3, -0.25) is 4.79 Å². The third-order valence-electron chi connectivity index (χ3n) is 3.60. The van der Waals surface area contributed by atoms with Gasteiger partial charge in [0.2, 0.25) is 5.91 Å². The molecule has 1 aromatic rings. The van der Waals surface area contributed by atoms with Crippen molar-refractivity contribution in [1.29, 1.82) is 0 Å². The van der Waals surface area contributed by atoms with Gasteiger partial charge < -0.3 is 10.0 Å². The SMILES string of the molecule is CN(C(=O)Cc1ccccc1O)C1CCCC1. The van der Waals surface area contributed by atoms with Crippen LogP contribution in [0.25, 0.3) is 0 Å². The molecule has 17 heavy (non-hydrogen) atoms. The van der Waals surface area contributed by atoms with Crippen molar-refractivity contribution in [1.82, 2.24) is 4.90 Å². The summed E-state index contributed by atoms with van der Waals surface area (Å²) in [7, 11) is 1.87. The summed E-state index contributed by atoms with van der Waals surface area (Å²) in [4.78, 5) is 13.9. The number of nitrogens with zero attached hydrogens (tertiary/aromatic N) is 1. The summed E-state index contributed by atoms with van der Waals surface area (Å²) in [6, 6.07) is 7.43. The first-order valence-corrected chi connectivity index (χ1v) is 6.21. The number of benzene rings is 1. The van der Waals surface area contributed by atoms with Gasteiger partial charge in [0.05, 0.1) is 6.42 Å². The molecule has 1 amide bonds. The predicted molar refractivity (Wildman–Crippen MR) is 66.8 cm³/mol. The van der Waals surface area contributed by atoms with Gasteiger partial charge in [-0.2, -0.15) is 0 Å². The molecule has 92 valence electrons. The van der Waals surface area contributed by atoms with Crippen LogP contribution in [0.4, 0.5) is 0 Å². The molecule has 0 aliphatic heterocycles. The van der Waals surface area contributed by atoms with E-state index >= 15 is 0 Å². The van der Waals surface area contributed by atoms with Crippen molar-refractivity contribution in [3.63, 3.8) is 0 Å². The Labute approximate surface area is 102 Å². The molecule has 0 saturated heterocycles. The van der Waals surface area contributed by atoms with Crippen molar-refractivity contribution in [3.05, 3.63) is 29.8 Å². The normalized spacial score (nSPS) is 16.1. The Morgan fingerprint density at radius 1 is 1.35 bits per heavy atom. The Balaban J connectivity index is 1.99. The second kappa shape index (κ2) is 5.21. The second-order valence-corrected chi connectivity index (χ2v) is 4.75. The van der Waals surface area contributed by atoms with Gasteiger partial charge in [-0.15, -0.1) is 0 Å². The largest absolute Gasteiger partial charge is 0.508 e. The minimum absolute atomic E-state index is 0.0957. The maximum atomic E-state index is 12.1. The quantitative estimate of drug-likeness (QED) is 0.870. The smallest absolute Gasteiger partial charge is 0.227 e. The molecule has 0 atom stereocenters. The predicted octanol–water partition coefficient (Wildman–Crippen LogP) is 2.34. The van der Waals surface area contributed by atoms with E-state index in [9.17, 15) is 9.90 Å². The van der Waals surface area contributed by atoms with Crippen LogP contribution in [-0.2, 0) is 11.2 Å². The summed E-state index contributed by atoms with van der Waals surface area (Å²) < 4.78 is 0. The number of aromatic hydroxyl groups is 1. The van der Waals surface area contributed by atoms with Gasteiger partial charge in [-0.25, -0.2) is 0 Å². The van der Waals surface area contributed by atoms with E-state index in [1.165, 1.54) is 12.8 Å². The zero-order valence-corrected chi connectivity index (χ0v) is 10.2. The number of phenols is 1. The number of hydrogen-bond donors (Lipinski definition) is 1. The summed E-state index contributed by atoms with van der Waals surface area (Å²) in [5.74, 6) is 0.305. The highest BCUT2D eigenvalue weighted by Gasteiger charge is 2.23. The molecule has 0 aromatic heterocycles. The standard InChI is InChI=1S/C14H19NO2/c1-15(12-7-3-4-8-12)14(17)10-11-6-2-5-9-13(11)16/h2,5-6,9,12,16H,3-4,7-8,10H2,1H3. The molecule has 1 N–H and O–H groups in total. The third-order valence-corrected chi connectivity index (χ3v) is 3.60. The highest BCUT2D eigenvalue weighted by Crippen LogP contribution is 2.24. The van der Waals surface area contributed by atoms with Crippen molar-refractivity contribution < 1.29 is 9.90 Å². The molecule has 0 radical (unpaired) electrons. The fraction of sp³-hybridized carbons (Fsp3) is 0.500. The third kappa shape index (κ3) is 2.78. The van der Waals surface area contributed by atoms with Crippen LogP contribution in [-0.4, -0.2) is 29.0 Å². The van der Waals surface area contributed by atoms with Crippen LogP contribution in [0.5, 0.6) is 5.75 Å². The van der Waals surface area contributed by atoms with E-state index < -0.39 is 0 Å². The molecule has 0 heterocycles. The van der Waals surface area contributed by atoms with Gasteiger partial charge in [0, 0.05) is 18.7 Å². The zero-order valence-electron chi connectivity index (χ0n) is 10.2. The monoisotopic (exact) mass is 233 g/mol. The van der Waals surface area contributed by atoms with Crippen molar-refractivity contribution >= 4 is 5.91 Å². The molecule has 1 fully saturated rings. The molecule has 2 rings (SSSR count). The minimum Gasteiger partial charge on any atom is -0.508 e.